The van der Waals surface area contributed by atoms with Crippen molar-refractivity contribution < 1.29 is 4.79 Å². The van der Waals surface area contributed by atoms with Crippen LogP contribution in [0.2, 0.25) is 0 Å². The number of imidazole rings is 1. The van der Waals surface area contributed by atoms with Crippen LogP contribution in [-0.4, -0.2) is 15.9 Å². The molecular weight excluding hydrogens is 170 g/mol. The number of rotatable bonds is 2. The Morgan fingerprint density at radius 2 is 2.46 bits per heavy atom. The van der Waals surface area contributed by atoms with E-state index in [0.717, 1.165) is 0 Å². The maximum Gasteiger partial charge on any atom is 0.323 e. The summed E-state index contributed by atoms with van der Waals surface area (Å²) < 4.78 is 0. The number of hydrogen-bond acceptors (Lipinski definition) is 2. The van der Waals surface area contributed by atoms with Crippen LogP contribution in [0, 0.1) is 11.8 Å². The molecule has 0 fully saturated rings. The fourth-order valence-electron chi connectivity index (χ4n) is 0.799. The van der Waals surface area contributed by atoms with Gasteiger partial charge in [0.2, 0.25) is 0 Å². The molecule has 5 heteroatoms. The fourth-order valence-corrected chi connectivity index (χ4v) is 0.799. The predicted octanol–water partition coefficient (Wildman–Crippen LogP) is -0.658. The average Bonchev–Trinajstić information content (AvgIpc) is 2.49. The molecule has 0 unspecified atom stereocenters. The van der Waals surface area contributed by atoms with E-state index in [4.69, 9.17) is 0 Å². The monoisotopic (exact) mass is 179 g/mol. The molecule has 0 aliphatic carbocycles. The first-order valence-corrected chi connectivity index (χ1v) is 3.69. The molecule has 0 atom stereocenters. The Bertz CT molecular complexity index is 405. The van der Waals surface area contributed by atoms with Crippen molar-refractivity contribution in [3.05, 3.63) is 22.4 Å². The number of aromatic nitrogens is 2. The Kier molecular flexibility index (Phi) is 2.92. The van der Waals surface area contributed by atoms with Crippen LogP contribution < -0.4 is 11.0 Å². The number of H-pyrrole nitrogens is 2. The normalized spacial score (nSPS) is 8.69. The summed E-state index contributed by atoms with van der Waals surface area (Å²) in [6, 6.07) is 0. The first-order chi connectivity index (χ1) is 6.22. The van der Waals surface area contributed by atoms with Gasteiger partial charge in [0, 0.05) is 6.20 Å². The van der Waals surface area contributed by atoms with E-state index in [0.29, 0.717) is 5.69 Å². The molecule has 0 saturated carbocycles. The molecule has 0 aliphatic rings. The van der Waals surface area contributed by atoms with Gasteiger partial charge in [-0.15, -0.1) is 0 Å². The summed E-state index contributed by atoms with van der Waals surface area (Å²) in [4.78, 5) is 26.4. The van der Waals surface area contributed by atoms with Gasteiger partial charge in [0.25, 0.3) is 5.91 Å². The van der Waals surface area contributed by atoms with Crippen molar-refractivity contribution in [3.8, 4) is 11.8 Å². The van der Waals surface area contributed by atoms with Crippen LogP contribution in [0.15, 0.2) is 11.0 Å². The van der Waals surface area contributed by atoms with Crippen LogP contribution >= 0.6 is 0 Å². The van der Waals surface area contributed by atoms with Gasteiger partial charge in [-0.2, -0.15) is 0 Å². The molecule has 3 N–H and O–H groups in total. The van der Waals surface area contributed by atoms with Gasteiger partial charge in [0.15, 0.2) is 0 Å². The molecule has 0 saturated heterocycles. The number of carbonyl (C=O) groups excluding carboxylic acids is 1. The predicted molar refractivity (Wildman–Crippen MR) is 46.7 cm³/mol. The highest BCUT2D eigenvalue weighted by molar-refractivity contribution is 5.93. The van der Waals surface area contributed by atoms with E-state index in [1.165, 1.54) is 6.20 Å². The quantitative estimate of drug-likeness (QED) is 0.527. The lowest BCUT2D eigenvalue weighted by Crippen LogP contribution is -2.21. The SMILES string of the molecule is CC#CC(=O)NCc1c[nH]c(=O)[nH]1. The smallest absolute Gasteiger partial charge is 0.323 e. The Morgan fingerprint density at radius 3 is 3.00 bits per heavy atom. The van der Waals surface area contributed by atoms with E-state index in [1.54, 1.807) is 6.92 Å². The zero-order chi connectivity index (χ0) is 9.68. The first kappa shape index (κ1) is 9.13. The zero-order valence-corrected chi connectivity index (χ0v) is 7.10. The standard InChI is InChI=1S/C8H9N3O2/c1-2-3-7(12)9-4-6-5-10-8(13)11-6/h5H,4H2,1H3,(H,9,12)(H2,10,11,13). The van der Waals surface area contributed by atoms with Crippen molar-refractivity contribution in [2.24, 2.45) is 0 Å². The summed E-state index contributed by atoms with van der Waals surface area (Å²) in [6.07, 6.45) is 1.50. The number of hydrogen-bond donors (Lipinski definition) is 3. The molecule has 1 heterocycles. The maximum absolute atomic E-state index is 10.8. The molecule has 1 amide bonds. The first-order valence-electron chi connectivity index (χ1n) is 3.69. The molecule has 0 spiro atoms. The van der Waals surface area contributed by atoms with E-state index in [1.807, 2.05) is 0 Å². The van der Waals surface area contributed by atoms with Gasteiger partial charge < -0.3 is 15.3 Å². The lowest BCUT2D eigenvalue weighted by Gasteiger charge is -1.95. The number of nitrogens with one attached hydrogen (secondary N) is 3. The van der Waals surface area contributed by atoms with Gasteiger partial charge in [-0.3, -0.25) is 4.79 Å². The molecule has 0 radical (unpaired) electrons. The third-order valence-corrected chi connectivity index (χ3v) is 1.33. The highest BCUT2D eigenvalue weighted by atomic mass is 16.1. The van der Waals surface area contributed by atoms with E-state index >= 15 is 0 Å². The third kappa shape index (κ3) is 2.87. The summed E-state index contributed by atoms with van der Waals surface area (Å²) >= 11 is 0. The third-order valence-electron chi connectivity index (χ3n) is 1.33. The largest absolute Gasteiger partial charge is 0.340 e. The van der Waals surface area contributed by atoms with Gasteiger partial charge in [-0.25, -0.2) is 4.79 Å². The molecule has 1 aromatic rings. The second kappa shape index (κ2) is 4.16. The average molecular weight is 179 g/mol. The summed E-state index contributed by atoms with van der Waals surface area (Å²) in [5.41, 5.74) is 0.335. The topological polar surface area (TPSA) is 77.8 Å². The van der Waals surface area contributed by atoms with Crippen LogP contribution in [0.1, 0.15) is 12.6 Å². The minimum Gasteiger partial charge on any atom is -0.340 e. The Morgan fingerprint density at radius 1 is 1.69 bits per heavy atom. The van der Waals surface area contributed by atoms with Gasteiger partial charge in [0.05, 0.1) is 12.2 Å². The minimum atomic E-state index is -0.357. The summed E-state index contributed by atoms with van der Waals surface area (Å²) in [5, 5.41) is 2.51. The highest BCUT2D eigenvalue weighted by Crippen LogP contribution is 1.84. The van der Waals surface area contributed by atoms with E-state index < -0.39 is 0 Å². The van der Waals surface area contributed by atoms with Gasteiger partial charge in [-0.05, 0) is 12.8 Å². The van der Waals surface area contributed by atoms with Gasteiger partial charge in [0.1, 0.15) is 0 Å². The number of carbonyl (C=O) groups is 1. The van der Waals surface area contributed by atoms with Crippen LogP contribution in [0.5, 0.6) is 0 Å². The molecule has 0 aromatic carbocycles. The second-order valence-corrected chi connectivity index (χ2v) is 2.33. The molecular formula is C8H9N3O2. The van der Waals surface area contributed by atoms with E-state index in [9.17, 15) is 9.59 Å². The van der Waals surface area contributed by atoms with E-state index in [-0.39, 0.29) is 18.1 Å². The lowest BCUT2D eigenvalue weighted by molar-refractivity contribution is -0.115. The Hall–Kier alpha value is -1.96. The number of aromatic amines is 2. The summed E-state index contributed by atoms with van der Waals surface area (Å²) in [6.45, 7) is 1.85. The Labute approximate surface area is 74.6 Å². The minimum absolute atomic E-state index is 0.270. The van der Waals surface area contributed by atoms with Crippen molar-refractivity contribution in [3.63, 3.8) is 0 Å². The van der Waals surface area contributed by atoms with Crippen LogP contribution in [0.4, 0.5) is 0 Å². The zero-order valence-electron chi connectivity index (χ0n) is 7.10. The lowest BCUT2D eigenvalue weighted by atomic mass is 10.4. The summed E-state index contributed by atoms with van der Waals surface area (Å²) in [7, 11) is 0. The Balaban J connectivity index is 2.46. The summed E-state index contributed by atoms with van der Waals surface area (Å²) in [5.74, 6) is 4.43. The molecule has 1 aromatic heterocycles. The molecule has 68 valence electrons. The highest BCUT2D eigenvalue weighted by Gasteiger charge is 1.97. The van der Waals surface area contributed by atoms with Crippen LogP contribution in [0.3, 0.4) is 0 Å². The van der Waals surface area contributed by atoms with Crippen LogP contribution in [0.25, 0.3) is 0 Å². The fraction of sp³-hybridized carbons (Fsp3) is 0.250. The van der Waals surface area contributed by atoms with Gasteiger partial charge >= 0.3 is 5.69 Å². The molecule has 0 aliphatic heterocycles. The van der Waals surface area contributed by atoms with Crippen LogP contribution in [-0.2, 0) is 11.3 Å². The second-order valence-electron chi connectivity index (χ2n) is 2.33. The molecule has 1 rings (SSSR count). The van der Waals surface area contributed by atoms with Crippen molar-refractivity contribution in [2.75, 3.05) is 0 Å². The molecule has 5 nitrogen and oxygen atoms in total. The molecule has 0 bridgehead atoms. The van der Waals surface area contributed by atoms with Crippen molar-refractivity contribution in [2.45, 2.75) is 13.5 Å². The molecule has 13 heavy (non-hydrogen) atoms. The number of amides is 1. The van der Waals surface area contributed by atoms with Crippen molar-refractivity contribution >= 4 is 5.91 Å². The van der Waals surface area contributed by atoms with Crippen molar-refractivity contribution in [1.82, 2.24) is 15.3 Å². The maximum atomic E-state index is 10.8. The van der Waals surface area contributed by atoms with E-state index in [2.05, 4.69) is 27.1 Å². The van der Waals surface area contributed by atoms with Gasteiger partial charge in [-0.1, -0.05) is 5.92 Å². The van der Waals surface area contributed by atoms with Crippen molar-refractivity contribution in [1.29, 1.82) is 0 Å².